The van der Waals surface area contributed by atoms with Crippen LogP contribution in [0.15, 0.2) is 0 Å². The maximum absolute atomic E-state index is 12.1. The molecule has 0 aromatic rings. The molecule has 1 amide bonds. The summed E-state index contributed by atoms with van der Waals surface area (Å²) in [7, 11) is 3.28. The lowest BCUT2D eigenvalue weighted by Crippen LogP contribution is -2.79. The molecule has 1 aliphatic carbocycles. The lowest BCUT2D eigenvalue weighted by Gasteiger charge is -2.58. The summed E-state index contributed by atoms with van der Waals surface area (Å²) < 4.78 is 17.7. The van der Waals surface area contributed by atoms with Crippen LogP contribution in [0, 0.1) is 0 Å². The van der Waals surface area contributed by atoms with E-state index in [4.69, 9.17) is 19.9 Å². The fourth-order valence-corrected chi connectivity index (χ4v) is 4.41. The van der Waals surface area contributed by atoms with E-state index in [0.717, 1.165) is 0 Å². The van der Waals surface area contributed by atoms with Crippen molar-refractivity contribution in [2.75, 3.05) is 20.6 Å². The monoisotopic (exact) mass is 404 g/mol. The Morgan fingerprint density at radius 2 is 1.82 bits per heavy atom. The minimum atomic E-state index is -1.97. The van der Waals surface area contributed by atoms with Crippen LogP contribution in [0.1, 0.15) is 19.8 Å². The first-order chi connectivity index (χ1) is 13.3. The van der Waals surface area contributed by atoms with Gasteiger partial charge in [-0.15, -0.1) is 0 Å². The second kappa shape index (κ2) is 8.46. The van der Waals surface area contributed by atoms with Gasteiger partial charge in [0, 0.05) is 13.0 Å². The van der Waals surface area contributed by atoms with Gasteiger partial charge in [0.05, 0.1) is 30.3 Å². The first kappa shape index (κ1) is 21.8. The Balaban J connectivity index is 1.88. The Hall–Kier alpha value is -0.890. The van der Waals surface area contributed by atoms with Gasteiger partial charge in [0.25, 0.3) is 0 Å². The van der Waals surface area contributed by atoms with Crippen molar-refractivity contribution in [3.05, 3.63) is 0 Å². The molecule has 0 bridgehead atoms. The van der Waals surface area contributed by atoms with E-state index in [1.807, 2.05) is 0 Å². The molecule has 0 aromatic carbocycles. The number of ether oxygens (including phenoxy) is 3. The highest BCUT2D eigenvalue weighted by Crippen LogP contribution is 2.41. The van der Waals surface area contributed by atoms with Crippen LogP contribution in [0.2, 0.25) is 0 Å². The number of fused-ring (bicyclic) bond motifs is 2. The first-order valence-electron chi connectivity index (χ1n) is 9.68. The van der Waals surface area contributed by atoms with E-state index >= 15 is 0 Å². The zero-order valence-electron chi connectivity index (χ0n) is 16.4. The van der Waals surface area contributed by atoms with Crippen molar-refractivity contribution < 1.29 is 34.3 Å². The average Bonchev–Trinajstić information content (AvgIpc) is 2.63. The number of hydrogen-bond donors (Lipinski definition) is 7. The van der Waals surface area contributed by atoms with Crippen LogP contribution in [0.25, 0.3) is 0 Å². The Morgan fingerprint density at radius 3 is 2.43 bits per heavy atom. The second-order valence-electron chi connectivity index (χ2n) is 7.72. The maximum atomic E-state index is 12.1. The summed E-state index contributed by atoms with van der Waals surface area (Å²) in [6.45, 7) is 1.98. The molecule has 11 heteroatoms. The van der Waals surface area contributed by atoms with E-state index in [1.54, 1.807) is 21.0 Å². The molecule has 3 rings (SSSR count). The molecule has 2 heterocycles. The second-order valence-corrected chi connectivity index (χ2v) is 7.72. The van der Waals surface area contributed by atoms with Crippen molar-refractivity contribution in [1.29, 1.82) is 0 Å². The van der Waals surface area contributed by atoms with Crippen LogP contribution in [0.5, 0.6) is 0 Å². The smallest absolute Gasteiger partial charge is 0.239 e. The largest absolute Gasteiger partial charge is 0.390 e. The van der Waals surface area contributed by atoms with Crippen molar-refractivity contribution in [3.63, 3.8) is 0 Å². The van der Waals surface area contributed by atoms with E-state index in [1.165, 1.54) is 0 Å². The number of carbonyl (C=O) groups is 1. The number of carbonyl (C=O) groups excluding carboxylic acids is 1. The summed E-state index contributed by atoms with van der Waals surface area (Å²) in [5, 5.41) is 41.2. The van der Waals surface area contributed by atoms with Gasteiger partial charge >= 0.3 is 0 Å². The van der Waals surface area contributed by atoms with Crippen LogP contribution < -0.4 is 21.7 Å². The summed E-state index contributed by atoms with van der Waals surface area (Å²) >= 11 is 0. The molecule has 0 spiro atoms. The number of nitrogens with one attached hydrogen (secondary N) is 3. The third-order valence-corrected chi connectivity index (χ3v) is 5.86. The van der Waals surface area contributed by atoms with Crippen molar-refractivity contribution >= 4 is 5.91 Å². The lowest BCUT2D eigenvalue weighted by molar-refractivity contribution is -0.449. The van der Waals surface area contributed by atoms with Gasteiger partial charge in [-0.2, -0.15) is 0 Å². The molecule has 10 atom stereocenters. The van der Waals surface area contributed by atoms with Gasteiger partial charge in [0.1, 0.15) is 18.3 Å². The molecular weight excluding hydrogens is 372 g/mol. The van der Waals surface area contributed by atoms with E-state index in [2.05, 4.69) is 16.0 Å². The predicted octanol–water partition coefficient (Wildman–Crippen LogP) is -3.66. The van der Waals surface area contributed by atoms with Crippen LogP contribution in [-0.2, 0) is 19.0 Å². The molecule has 2 saturated heterocycles. The van der Waals surface area contributed by atoms with Gasteiger partial charge < -0.3 is 51.2 Å². The molecule has 2 aliphatic heterocycles. The zero-order valence-corrected chi connectivity index (χ0v) is 16.4. The lowest BCUT2D eigenvalue weighted by atomic mass is 9.79. The molecule has 8 N–H and O–H groups in total. The van der Waals surface area contributed by atoms with Crippen molar-refractivity contribution in [2.45, 2.75) is 80.5 Å². The molecule has 1 saturated carbocycles. The fraction of sp³-hybridized carbons (Fsp3) is 0.941. The summed E-state index contributed by atoms with van der Waals surface area (Å²) in [4.78, 5) is 12.1. The highest BCUT2D eigenvalue weighted by Gasteiger charge is 2.63. The normalized spacial score (nSPS) is 48.5. The topological polar surface area (TPSA) is 168 Å². The van der Waals surface area contributed by atoms with Gasteiger partial charge in [-0.3, -0.25) is 4.79 Å². The Kier molecular flexibility index (Phi) is 6.59. The predicted molar refractivity (Wildman–Crippen MR) is 97.0 cm³/mol. The highest BCUT2D eigenvalue weighted by atomic mass is 16.8. The fourth-order valence-electron chi connectivity index (χ4n) is 4.41. The third kappa shape index (κ3) is 3.66. The van der Waals surface area contributed by atoms with E-state index in [9.17, 15) is 20.1 Å². The molecule has 28 heavy (non-hydrogen) atoms. The maximum Gasteiger partial charge on any atom is 0.239 e. The van der Waals surface area contributed by atoms with Gasteiger partial charge in [-0.05, 0) is 27.4 Å². The third-order valence-electron chi connectivity index (χ3n) is 5.86. The average molecular weight is 404 g/mol. The van der Waals surface area contributed by atoms with E-state index < -0.39 is 54.6 Å². The summed E-state index contributed by atoms with van der Waals surface area (Å²) in [6.07, 6.45) is -4.92. The van der Waals surface area contributed by atoms with Gasteiger partial charge in [-0.1, -0.05) is 0 Å². The SMILES string of the molecule is CNC1C2OC3(O)C(NC(=O)CCN)C[C@@H](C)OC3OC2[C@@H](O)[C@H](NC)C1O. The van der Waals surface area contributed by atoms with Crippen molar-refractivity contribution in [2.24, 2.45) is 5.73 Å². The number of likely N-dealkylation sites (N-methyl/N-ethyl adjacent to an activating group) is 2. The van der Waals surface area contributed by atoms with Crippen LogP contribution in [0.3, 0.4) is 0 Å². The van der Waals surface area contributed by atoms with Crippen molar-refractivity contribution in [3.8, 4) is 0 Å². The standard InChI is InChI=1S/C17H32N4O7/c1-7-6-8(21-9(22)4-5-18)17(25)16(26-7)27-15-13(24)10(19-2)12(23)11(20-3)14(15)28-17/h7-8,10-16,19-20,23-25H,4-6,18H2,1-3H3,(H,21,22)/t7-,8?,10-,11?,12?,13+,14?,15?,16?,17?/m1/s1. The van der Waals surface area contributed by atoms with Gasteiger partial charge in [-0.25, -0.2) is 0 Å². The van der Waals surface area contributed by atoms with Gasteiger partial charge in [0.2, 0.25) is 18.0 Å². The number of aliphatic hydroxyl groups excluding tert-OH is 2. The Bertz CT molecular complexity index is 570. The highest BCUT2D eigenvalue weighted by molar-refractivity contribution is 5.76. The summed E-state index contributed by atoms with van der Waals surface area (Å²) in [6, 6.07) is -2.08. The van der Waals surface area contributed by atoms with E-state index in [-0.39, 0.29) is 25.0 Å². The number of hydrogen-bond acceptors (Lipinski definition) is 10. The summed E-state index contributed by atoms with van der Waals surface area (Å²) in [5.41, 5.74) is 5.43. The number of amides is 1. The van der Waals surface area contributed by atoms with Crippen LogP contribution in [-0.4, -0.2) is 103 Å². The molecule has 3 aliphatic rings. The first-order valence-corrected chi connectivity index (χ1v) is 9.68. The summed E-state index contributed by atoms with van der Waals surface area (Å²) in [5.74, 6) is -2.29. The molecule has 7 unspecified atom stereocenters. The molecule has 3 fully saturated rings. The van der Waals surface area contributed by atoms with Crippen LogP contribution in [0.4, 0.5) is 0 Å². The quantitative estimate of drug-likeness (QED) is 0.243. The molecule has 0 radical (unpaired) electrons. The number of rotatable bonds is 5. The minimum Gasteiger partial charge on any atom is -0.390 e. The zero-order chi connectivity index (χ0) is 20.6. The molecule has 0 aromatic heterocycles. The molecule has 11 nitrogen and oxygen atoms in total. The minimum absolute atomic E-state index is 0.111. The van der Waals surface area contributed by atoms with Gasteiger partial charge in [0.15, 0.2) is 0 Å². The van der Waals surface area contributed by atoms with Crippen molar-refractivity contribution in [1.82, 2.24) is 16.0 Å². The van der Waals surface area contributed by atoms with Crippen LogP contribution >= 0.6 is 0 Å². The van der Waals surface area contributed by atoms with E-state index in [0.29, 0.717) is 6.42 Å². The Labute approximate surface area is 163 Å². The number of nitrogens with two attached hydrogens (primary N) is 1. The molecule has 162 valence electrons. The molecular formula is C17H32N4O7. The Morgan fingerprint density at radius 1 is 1.14 bits per heavy atom. The number of aliphatic hydroxyl groups is 3.